The number of thioether (sulfide) groups is 1. The number of nitrogens with zero attached hydrogens (tertiary/aromatic N) is 4. The molecule has 0 fully saturated rings. The van der Waals surface area contributed by atoms with E-state index in [-0.39, 0.29) is 30.4 Å². The van der Waals surface area contributed by atoms with E-state index in [0.717, 1.165) is 29.6 Å². The van der Waals surface area contributed by atoms with E-state index >= 15 is 0 Å². The van der Waals surface area contributed by atoms with Gasteiger partial charge in [0.05, 0.1) is 23.6 Å². The topological polar surface area (TPSA) is 90.6 Å². The van der Waals surface area contributed by atoms with Crippen molar-refractivity contribution in [3.8, 4) is 5.75 Å². The number of ether oxygens (including phenoxy) is 2. The number of carbonyl (C=O) groups excluding carboxylic acids is 1. The maximum atomic E-state index is 13.1. The van der Waals surface area contributed by atoms with Crippen LogP contribution in [-0.4, -0.2) is 51.6 Å². The zero-order chi connectivity index (χ0) is 22.6. The highest BCUT2D eigenvalue weighted by Crippen LogP contribution is 2.35. The number of anilines is 1. The van der Waals surface area contributed by atoms with E-state index in [4.69, 9.17) is 9.47 Å². The maximum absolute atomic E-state index is 13.1. The van der Waals surface area contributed by atoms with E-state index in [1.54, 1.807) is 17.4 Å². The van der Waals surface area contributed by atoms with Crippen molar-refractivity contribution in [1.82, 2.24) is 19.6 Å². The standard InChI is InChI=1S/C19H20F3N5O3S/c1-11-8-16-25-26-18(27(16)12(2)23-11)31-10-17(28)24-14-9-13(19(20,21)22)4-5-15(14)30-7-6-29-3/h4-5,8-9H,6-7,10H2,1-3H3,(H,24,28). The van der Waals surface area contributed by atoms with Gasteiger partial charge in [0.25, 0.3) is 0 Å². The molecule has 12 heteroatoms. The van der Waals surface area contributed by atoms with Crippen molar-refractivity contribution in [2.75, 3.05) is 31.4 Å². The number of hydrogen-bond acceptors (Lipinski definition) is 7. The number of fused-ring (bicyclic) bond motifs is 1. The monoisotopic (exact) mass is 455 g/mol. The molecule has 0 spiro atoms. The Bertz CT molecular complexity index is 1090. The van der Waals surface area contributed by atoms with Crippen LogP contribution in [0.5, 0.6) is 5.75 Å². The number of alkyl halides is 3. The van der Waals surface area contributed by atoms with E-state index in [1.165, 1.54) is 13.2 Å². The molecule has 0 unspecified atom stereocenters. The first-order chi connectivity index (χ1) is 14.7. The summed E-state index contributed by atoms with van der Waals surface area (Å²) in [6.45, 7) is 4.00. The summed E-state index contributed by atoms with van der Waals surface area (Å²) in [6.07, 6.45) is -4.55. The molecule has 0 saturated heterocycles. The lowest BCUT2D eigenvalue weighted by molar-refractivity contribution is -0.137. The third-order valence-electron chi connectivity index (χ3n) is 4.12. The van der Waals surface area contributed by atoms with Gasteiger partial charge in [0.2, 0.25) is 5.91 Å². The molecule has 2 heterocycles. The van der Waals surface area contributed by atoms with Crippen molar-refractivity contribution in [2.45, 2.75) is 25.2 Å². The first kappa shape index (κ1) is 22.8. The van der Waals surface area contributed by atoms with Crippen molar-refractivity contribution in [2.24, 2.45) is 0 Å². The van der Waals surface area contributed by atoms with Gasteiger partial charge in [0, 0.05) is 18.9 Å². The number of hydrogen-bond donors (Lipinski definition) is 1. The number of methoxy groups -OCH3 is 1. The van der Waals surface area contributed by atoms with Crippen LogP contribution in [0.4, 0.5) is 18.9 Å². The first-order valence-electron chi connectivity index (χ1n) is 9.14. The van der Waals surface area contributed by atoms with Gasteiger partial charge >= 0.3 is 6.18 Å². The second-order valence-electron chi connectivity index (χ2n) is 6.51. The van der Waals surface area contributed by atoms with Crippen LogP contribution in [-0.2, 0) is 15.7 Å². The summed E-state index contributed by atoms with van der Waals surface area (Å²) in [5, 5.41) is 11.1. The zero-order valence-electron chi connectivity index (χ0n) is 17.0. The van der Waals surface area contributed by atoms with E-state index in [2.05, 4.69) is 20.5 Å². The van der Waals surface area contributed by atoms with Crippen LogP contribution in [0.25, 0.3) is 5.65 Å². The van der Waals surface area contributed by atoms with Crippen LogP contribution in [0.3, 0.4) is 0 Å². The Hall–Kier alpha value is -2.86. The summed E-state index contributed by atoms with van der Waals surface area (Å²) in [7, 11) is 1.47. The largest absolute Gasteiger partial charge is 0.489 e. The molecule has 1 aromatic carbocycles. The number of rotatable bonds is 8. The summed E-state index contributed by atoms with van der Waals surface area (Å²) in [6, 6.07) is 4.67. The fourth-order valence-electron chi connectivity index (χ4n) is 2.78. The van der Waals surface area contributed by atoms with Crippen LogP contribution >= 0.6 is 11.8 Å². The van der Waals surface area contributed by atoms with Gasteiger partial charge in [-0.15, -0.1) is 10.2 Å². The van der Waals surface area contributed by atoms with Crippen LogP contribution in [0.2, 0.25) is 0 Å². The Kier molecular flexibility index (Phi) is 7.01. The lowest BCUT2D eigenvalue weighted by Gasteiger charge is -2.15. The quantitative estimate of drug-likeness (QED) is 0.411. The number of aromatic nitrogens is 4. The van der Waals surface area contributed by atoms with E-state index in [9.17, 15) is 18.0 Å². The zero-order valence-corrected chi connectivity index (χ0v) is 17.8. The fourth-order valence-corrected chi connectivity index (χ4v) is 3.56. The normalized spacial score (nSPS) is 11.7. The fraction of sp³-hybridized carbons (Fsp3) is 0.368. The van der Waals surface area contributed by atoms with E-state index in [0.29, 0.717) is 16.6 Å². The molecule has 0 aliphatic carbocycles. The minimum absolute atomic E-state index is 0.0731. The molecule has 0 aliphatic rings. The summed E-state index contributed by atoms with van der Waals surface area (Å²) in [5.41, 5.74) is 0.419. The van der Waals surface area contributed by atoms with Crippen molar-refractivity contribution in [3.63, 3.8) is 0 Å². The van der Waals surface area contributed by atoms with Crippen molar-refractivity contribution in [1.29, 1.82) is 0 Å². The molecule has 0 radical (unpaired) electrons. The molecule has 0 saturated carbocycles. The molecule has 0 bridgehead atoms. The first-order valence-corrected chi connectivity index (χ1v) is 10.1. The van der Waals surface area contributed by atoms with E-state index < -0.39 is 17.6 Å². The highest BCUT2D eigenvalue weighted by Gasteiger charge is 2.31. The molecule has 2 aromatic heterocycles. The number of benzene rings is 1. The van der Waals surface area contributed by atoms with Crippen molar-refractivity contribution >= 4 is 29.0 Å². The third-order valence-corrected chi connectivity index (χ3v) is 5.05. The predicted octanol–water partition coefficient (Wildman–Crippen LogP) is 3.52. The third kappa shape index (κ3) is 5.64. The summed E-state index contributed by atoms with van der Waals surface area (Å²) >= 11 is 1.10. The molecule has 1 amide bonds. The highest BCUT2D eigenvalue weighted by molar-refractivity contribution is 7.99. The Morgan fingerprint density at radius 3 is 2.68 bits per heavy atom. The molecule has 0 atom stereocenters. The van der Waals surface area contributed by atoms with Crippen molar-refractivity contribution < 1.29 is 27.4 Å². The molecule has 1 N–H and O–H groups in total. The minimum Gasteiger partial charge on any atom is -0.489 e. The SMILES string of the molecule is COCCOc1ccc(C(F)(F)F)cc1NC(=O)CSc1nnc2cc(C)nc(C)n12. The molecule has 0 aliphatic heterocycles. The van der Waals surface area contributed by atoms with Crippen LogP contribution < -0.4 is 10.1 Å². The minimum atomic E-state index is -4.55. The van der Waals surface area contributed by atoms with Gasteiger partial charge in [-0.05, 0) is 32.0 Å². The Morgan fingerprint density at radius 2 is 1.97 bits per heavy atom. The van der Waals surface area contributed by atoms with Gasteiger partial charge < -0.3 is 14.8 Å². The summed E-state index contributed by atoms with van der Waals surface area (Å²) < 4.78 is 51.3. The van der Waals surface area contributed by atoms with Gasteiger partial charge in [-0.3, -0.25) is 9.20 Å². The molecule has 8 nitrogen and oxygen atoms in total. The van der Waals surface area contributed by atoms with Gasteiger partial charge in [-0.25, -0.2) is 4.98 Å². The molecule has 166 valence electrons. The van der Waals surface area contributed by atoms with Crippen LogP contribution in [0.1, 0.15) is 17.1 Å². The number of amides is 1. The van der Waals surface area contributed by atoms with Crippen LogP contribution in [0, 0.1) is 13.8 Å². The van der Waals surface area contributed by atoms with Crippen molar-refractivity contribution in [3.05, 3.63) is 41.3 Å². The molecular formula is C19H20F3N5O3S. The van der Waals surface area contributed by atoms with Gasteiger partial charge in [0.1, 0.15) is 18.2 Å². The second kappa shape index (κ2) is 9.52. The maximum Gasteiger partial charge on any atom is 0.416 e. The van der Waals surface area contributed by atoms with Gasteiger partial charge in [-0.1, -0.05) is 11.8 Å². The Balaban J connectivity index is 1.74. The number of nitrogens with one attached hydrogen (secondary N) is 1. The number of aryl methyl sites for hydroxylation is 2. The molecule has 31 heavy (non-hydrogen) atoms. The second-order valence-corrected chi connectivity index (χ2v) is 7.45. The average molecular weight is 455 g/mol. The van der Waals surface area contributed by atoms with Crippen LogP contribution in [0.15, 0.2) is 29.4 Å². The molecule has 3 aromatic rings. The Labute approximate surface area is 180 Å². The lowest BCUT2D eigenvalue weighted by atomic mass is 10.1. The molecule has 3 rings (SSSR count). The van der Waals surface area contributed by atoms with Gasteiger partial charge in [-0.2, -0.15) is 13.2 Å². The molecular weight excluding hydrogens is 435 g/mol. The highest BCUT2D eigenvalue weighted by atomic mass is 32.2. The Morgan fingerprint density at radius 1 is 1.19 bits per heavy atom. The number of carbonyl (C=O) groups is 1. The summed E-state index contributed by atoms with van der Waals surface area (Å²) in [5.74, 6) is 0.166. The summed E-state index contributed by atoms with van der Waals surface area (Å²) in [4.78, 5) is 16.8. The predicted molar refractivity (Wildman–Crippen MR) is 108 cm³/mol. The average Bonchev–Trinajstić information content (AvgIpc) is 3.10. The van der Waals surface area contributed by atoms with Gasteiger partial charge in [0.15, 0.2) is 10.8 Å². The smallest absolute Gasteiger partial charge is 0.416 e. The van der Waals surface area contributed by atoms with E-state index in [1.807, 2.05) is 6.92 Å². The lowest BCUT2D eigenvalue weighted by Crippen LogP contribution is -2.17. The number of halogens is 3.